The molecule has 1 fully saturated rings. The first kappa shape index (κ1) is 13.1. The Morgan fingerprint density at radius 2 is 1.86 bits per heavy atom. The van der Waals surface area contributed by atoms with Crippen molar-refractivity contribution in [1.29, 1.82) is 0 Å². The fourth-order valence-electron chi connectivity index (χ4n) is 3.49. The Morgan fingerprint density at radius 3 is 2.45 bits per heavy atom. The lowest BCUT2D eigenvalue weighted by Gasteiger charge is -2.45. The number of carbonyl (C=O) groups excluding carboxylic acids is 2. The second-order valence-corrected chi connectivity index (χ2v) is 5.94. The summed E-state index contributed by atoms with van der Waals surface area (Å²) in [7, 11) is 0. The molecule has 4 heteroatoms. The average molecular weight is 293 g/mol. The zero-order valence-corrected chi connectivity index (χ0v) is 12.0. The SMILES string of the molecule is O=CC1=C(O)C2(CCC2)n2cc(-c3ccccc3)cc2C1=O. The second kappa shape index (κ2) is 4.44. The fraction of sp³-hybridized carbons (Fsp3) is 0.222. The van der Waals surface area contributed by atoms with Crippen LogP contribution in [-0.4, -0.2) is 21.7 Å². The maximum Gasteiger partial charge on any atom is 0.216 e. The van der Waals surface area contributed by atoms with E-state index in [2.05, 4.69) is 0 Å². The molecule has 0 bridgehead atoms. The third-order valence-corrected chi connectivity index (χ3v) is 4.86. The van der Waals surface area contributed by atoms with Crippen LogP contribution in [0.1, 0.15) is 29.8 Å². The quantitative estimate of drug-likeness (QED) is 0.683. The molecule has 110 valence electrons. The molecular weight excluding hydrogens is 278 g/mol. The van der Waals surface area contributed by atoms with Gasteiger partial charge in [-0.2, -0.15) is 0 Å². The minimum absolute atomic E-state index is 0.0681. The van der Waals surface area contributed by atoms with E-state index in [0.29, 0.717) is 12.0 Å². The lowest BCUT2D eigenvalue weighted by atomic mass is 9.71. The van der Waals surface area contributed by atoms with Gasteiger partial charge in [0.15, 0.2) is 6.29 Å². The molecule has 2 aromatic rings. The summed E-state index contributed by atoms with van der Waals surface area (Å²) in [5.41, 5.74) is 1.73. The molecule has 1 N–H and O–H groups in total. The third-order valence-electron chi connectivity index (χ3n) is 4.86. The lowest BCUT2D eigenvalue weighted by Crippen LogP contribution is -2.47. The van der Waals surface area contributed by atoms with Crippen LogP contribution in [0.3, 0.4) is 0 Å². The molecule has 2 heterocycles. The van der Waals surface area contributed by atoms with Gasteiger partial charge in [-0.25, -0.2) is 0 Å². The van der Waals surface area contributed by atoms with Crippen LogP contribution < -0.4 is 0 Å². The molecule has 1 aliphatic carbocycles. The van der Waals surface area contributed by atoms with Gasteiger partial charge >= 0.3 is 0 Å². The number of Topliss-reactive ketones (excluding diaryl/α,β-unsaturated/α-hetero) is 1. The minimum Gasteiger partial charge on any atom is -0.509 e. The van der Waals surface area contributed by atoms with Crippen LogP contribution in [0.25, 0.3) is 11.1 Å². The van der Waals surface area contributed by atoms with Gasteiger partial charge in [-0.1, -0.05) is 30.3 Å². The van der Waals surface area contributed by atoms with Crippen molar-refractivity contribution in [3.8, 4) is 11.1 Å². The molecule has 0 saturated heterocycles. The molecule has 4 nitrogen and oxygen atoms in total. The number of carbonyl (C=O) groups is 2. The molecule has 0 radical (unpaired) electrons. The van der Waals surface area contributed by atoms with Gasteiger partial charge in [0.05, 0.1) is 5.69 Å². The highest BCUT2D eigenvalue weighted by molar-refractivity contribution is 6.21. The van der Waals surface area contributed by atoms with Gasteiger partial charge in [-0.15, -0.1) is 0 Å². The van der Waals surface area contributed by atoms with E-state index in [1.54, 1.807) is 0 Å². The van der Waals surface area contributed by atoms with Gasteiger partial charge in [0.1, 0.15) is 16.9 Å². The summed E-state index contributed by atoms with van der Waals surface area (Å²) < 4.78 is 1.86. The second-order valence-electron chi connectivity index (χ2n) is 5.94. The predicted molar refractivity (Wildman–Crippen MR) is 81.7 cm³/mol. The zero-order valence-electron chi connectivity index (χ0n) is 12.0. The summed E-state index contributed by atoms with van der Waals surface area (Å²) >= 11 is 0. The molecule has 4 rings (SSSR count). The van der Waals surface area contributed by atoms with Crippen molar-refractivity contribution in [2.45, 2.75) is 24.8 Å². The van der Waals surface area contributed by atoms with Gasteiger partial charge in [0.2, 0.25) is 5.78 Å². The van der Waals surface area contributed by atoms with E-state index in [-0.39, 0.29) is 11.3 Å². The van der Waals surface area contributed by atoms with E-state index in [1.165, 1.54) is 0 Å². The topological polar surface area (TPSA) is 59.3 Å². The van der Waals surface area contributed by atoms with Crippen LogP contribution in [0.2, 0.25) is 0 Å². The van der Waals surface area contributed by atoms with Crippen molar-refractivity contribution < 1.29 is 14.7 Å². The number of benzene rings is 1. The summed E-state index contributed by atoms with van der Waals surface area (Å²) in [5, 5.41) is 10.4. The average Bonchev–Trinajstić information content (AvgIpc) is 2.93. The van der Waals surface area contributed by atoms with E-state index in [9.17, 15) is 14.7 Å². The van der Waals surface area contributed by atoms with Crippen LogP contribution in [0.4, 0.5) is 0 Å². The number of aldehydes is 1. The maximum atomic E-state index is 12.5. The molecule has 0 unspecified atom stereocenters. The molecular formula is C18H15NO3. The number of aromatic nitrogens is 1. The summed E-state index contributed by atoms with van der Waals surface area (Å²) in [6, 6.07) is 11.6. The van der Waals surface area contributed by atoms with E-state index < -0.39 is 11.3 Å². The summed E-state index contributed by atoms with van der Waals surface area (Å²) in [5.74, 6) is -0.464. The van der Waals surface area contributed by atoms with Gasteiger partial charge in [-0.3, -0.25) is 9.59 Å². The largest absolute Gasteiger partial charge is 0.509 e. The van der Waals surface area contributed by atoms with Crippen molar-refractivity contribution in [1.82, 2.24) is 4.57 Å². The Balaban J connectivity index is 1.92. The van der Waals surface area contributed by atoms with Crippen LogP contribution in [0.5, 0.6) is 0 Å². The molecule has 0 atom stereocenters. The number of fused-ring (bicyclic) bond motifs is 2. The van der Waals surface area contributed by atoms with Gasteiger partial charge in [0.25, 0.3) is 0 Å². The predicted octanol–water partition coefficient (Wildman–Crippen LogP) is 3.24. The van der Waals surface area contributed by atoms with Crippen molar-refractivity contribution in [2.24, 2.45) is 0 Å². The summed E-state index contributed by atoms with van der Waals surface area (Å²) in [6.45, 7) is 0. The van der Waals surface area contributed by atoms with E-state index >= 15 is 0 Å². The Labute approximate surface area is 127 Å². The number of aliphatic hydroxyl groups excluding tert-OH is 1. The summed E-state index contributed by atoms with van der Waals surface area (Å²) in [4.78, 5) is 23.7. The highest BCUT2D eigenvalue weighted by atomic mass is 16.3. The molecule has 1 spiro atoms. The number of hydrogen-bond acceptors (Lipinski definition) is 3. The number of nitrogens with zero attached hydrogens (tertiary/aromatic N) is 1. The zero-order chi connectivity index (χ0) is 15.3. The van der Waals surface area contributed by atoms with E-state index in [4.69, 9.17) is 0 Å². The number of hydrogen-bond donors (Lipinski definition) is 1. The Hall–Kier alpha value is -2.62. The van der Waals surface area contributed by atoms with Crippen molar-refractivity contribution in [3.05, 3.63) is 59.6 Å². The lowest BCUT2D eigenvalue weighted by molar-refractivity contribution is -0.105. The Kier molecular flexibility index (Phi) is 2.64. The third kappa shape index (κ3) is 1.52. The molecule has 22 heavy (non-hydrogen) atoms. The van der Waals surface area contributed by atoms with E-state index in [1.807, 2.05) is 47.2 Å². The van der Waals surface area contributed by atoms with Crippen molar-refractivity contribution >= 4 is 12.1 Å². The van der Waals surface area contributed by atoms with Crippen LogP contribution in [0.15, 0.2) is 53.9 Å². The first-order valence-corrected chi connectivity index (χ1v) is 7.39. The highest BCUT2D eigenvalue weighted by Gasteiger charge is 2.49. The van der Waals surface area contributed by atoms with Crippen LogP contribution in [-0.2, 0) is 10.3 Å². The standard InChI is InChI=1S/C18H15NO3/c20-11-14-16(21)15-9-13(12-5-2-1-3-6-12)10-19(15)18(17(14)22)7-4-8-18/h1-3,5-6,9-11,22H,4,7-8H2. The molecule has 1 aromatic heterocycles. The number of aliphatic hydroxyl groups is 1. The summed E-state index contributed by atoms with van der Waals surface area (Å²) in [6.07, 6.45) is 4.87. The number of ketones is 1. The van der Waals surface area contributed by atoms with Gasteiger partial charge in [0, 0.05) is 11.8 Å². The minimum atomic E-state index is -0.605. The smallest absolute Gasteiger partial charge is 0.216 e. The molecule has 1 aromatic carbocycles. The van der Waals surface area contributed by atoms with Crippen LogP contribution >= 0.6 is 0 Å². The normalized spacial score (nSPS) is 19.0. The Morgan fingerprint density at radius 1 is 1.14 bits per heavy atom. The molecule has 2 aliphatic rings. The maximum absolute atomic E-state index is 12.5. The van der Waals surface area contributed by atoms with Crippen LogP contribution in [0, 0.1) is 0 Å². The van der Waals surface area contributed by atoms with Crippen molar-refractivity contribution in [2.75, 3.05) is 0 Å². The first-order chi connectivity index (χ1) is 10.7. The van der Waals surface area contributed by atoms with Gasteiger partial charge < -0.3 is 9.67 Å². The molecule has 0 amide bonds. The highest BCUT2D eigenvalue weighted by Crippen LogP contribution is 2.49. The number of rotatable bonds is 2. The molecule has 1 saturated carbocycles. The van der Waals surface area contributed by atoms with E-state index in [0.717, 1.165) is 30.4 Å². The Bertz CT molecular complexity index is 810. The van der Waals surface area contributed by atoms with Crippen molar-refractivity contribution in [3.63, 3.8) is 0 Å². The monoisotopic (exact) mass is 293 g/mol. The fourth-order valence-corrected chi connectivity index (χ4v) is 3.49. The first-order valence-electron chi connectivity index (χ1n) is 7.39. The van der Waals surface area contributed by atoms with Gasteiger partial charge in [-0.05, 0) is 30.9 Å². The molecule has 1 aliphatic heterocycles. The number of allylic oxidation sites excluding steroid dienone is 2.